The molecule has 0 atom stereocenters. The largest absolute Gasteiger partial charge is 0.347 e. The Labute approximate surface area is 153 Å². The van der Waals surface area contributed by atoms with Crippen LogP contribution in [0.25, 0.3) is 0 Å². The zero-order valence-corrected chi connectivity index (χ0v) is 15.0. The van der Waals surface area contributed by atoms with Crippen LogP contribution in [0.1, 0.15) is 34.1 Å². The smallest absolute Gasteiger partial charge is 0.272 e. The summed E-state index contributed by atoms with van der Waals surface area (Å²) in [4.78, 5) is 12.2. The summed E-state index contributed by atoms with van der Waals surface area (Å²) in [5.74, 6) is 0.381. The van der Waals surface area contributed by atoms with E-state index in [4.69, 9.17) is 0 Å². The molecule has 1 heterocycles. The molecule has 0 saturated carbocycles. The fourth-order valence-electron chi connectivity index (χ4n) is 2.72. The van der Waals surface area contributed by atoms with Gasteiger partial charge in [-0.3, -0.25) is 4.79 Å². The Morgan fingerprint density at radius 1 is 0.962 bits per heavy atom. The van der Waals surface area contributed by atoms with Crippen LogP contribution in [0.2, 0.25) is 0 Å². The number of benzene rings is 2. The molecule has 1 amide bonds. The van der Waals surface area contributed by atoms with E-state index in [9.17, 15) is 4.79 Å². The fraction of sp³-hybridized carbons (Fsp3) is 0.190. The van der Waals surface area contributed by atoms with E-state index < -0.39 is 0 Å². The molecule has 5 heteroatoms. The van der Waals surface area contributed by atoms with E-state index in [1.54, 1.807) is 12.1 Å². The Bertz CT molecular complexity index is 876. The van der Waals surface area contributed by atoms with Crippen LogP contribution in [-0.2, 0) is 13.0 Å². The third-order valence-electron chi connectivity index (χ3n) is 4.19. The molecule has 5 nitrogen and oxygen atoms in total. The molecule has 2 N–H and O–H groups in total. The Morgan fingerprint density at radius 3 is 2.46 bits per heavy atom. The average Bonchev–Trinajstić information content (AvgIpc) is 2.69. The quantitative estimate of drug-likeness (QED) is 0.707. The standard InChI is InChI=1S/C21H22N4O/c1-3-17-11-7-8-15(2)20(17)23-19-13-12-18(24-25-19)21(26)22-14-16-9-5-4-6-10-16/h4-13H,3,14H2,1-2H3,(H,22,26)(H,23,25). The molecule has 3 rings (SSSR count). The number of aromatic nitrogens is 2. The van der Waals surface area contributed by atoms with Crippen LogP contribution in [0.4, 0.5) is 11.5 Å². The van der Waals surface area contributed by atoms with E-state index in [0.717, 1.165) is 23.2 Å². The van der Waals surface area contributed by atoms with Gasteiger partial charge in [-0.15, -0.1) is 10.2 Å². The molecule has 3 aromatic rings. The average molecular weight is 346 g/mol. The fourth-order valence-corrected chi connectivity index (χ4v) is 2.72. The van der Waals surface area contributed by atoms with Crippen LogP contribution in [0.3, 0.4) is 0 Å². The van der Waals surface area contributed by atoms with Crippen molar-refractivity contribution >= 4 is 17.4 Å². The molecule has 0 aliphatic heterocycles. The van der Waals surface area contributed by atoms with E-state index in [1.807, 2.05) is 36.4 Å². The van der Waals surface area contributed by atoms with Crippen LogP contribution >= 0.6 is 0 Å². The first-order chi connectivity index (χ1) is 12.7. The van der Waals surface area contributed by atoms with Crippen molar-refractivity contribution in [3.63, 3.8) is 0 Å². The summed E-state index contributed by atoms with van der Waals surface area (Å²) in [7, 11) is 0. The first-order valence-electron chi connectivity index (χ1n) is 8.68. The van der Waals surface area contributed by atoms with Crippen molar-refractivity contribution < 1.29 is 4.79 Å². The molecule has 0 unspecified atom stereocenters. The lowest BCUT2D eigenvalue weighted by Gasteiger charge is -2.13. The molecule has 0 spiro atoms. The topological polar surface area (TPSA) is 66.9 Å². The molecule has 0 saturated heterocycles. The van der Waals surface area contributed by atoms with E-state index in [0.29, 0.717) is 18.1 Å². The van der Waals surface area contributed by atoms with Crippen molar-refractivity contribution in [1.82, 2.24) is 15.5 Å². The Balaban J connectivity index is 1.66. The van der Waals surface area contributed by atoms with Crippen molar-refractivity contribution in [2.75, 3.05) is 5.32 Å². The Hall–Kier alpha value is -3.21. The Morgan fingerprint density at radius 2 is 1.77 bits per heavy atom. The van der Waals surface area contributed by atoms with Crippen molar-refractivity contribution in [3.8, 4) is 0 Å². The normalized spacial score (nSPS) is 10.4. The van der Waals surface area contributed by atoms with Crippen LogP contribution < -0.4 is 10.6 Å². The van der Waals surface area contributed by atoms with Crippen LogP contribution in [0.5, 0.6) is 0 Å². The molecule has 1 aromatic heterocycles. The Kier molecular flexibility index (Phi) is 5.59. The number of nitrogens with zero attached hydrogens (tertiary/aromatic N) is 2. The number of rotatable bonds is 6. The molecule has 0 radical (unpaired) electrons. The zero-order valence-electron chi connectivity index (χ0n) is 15.0. The summed E-state index contributed by atoms with van der Waals surface area (Å²) in [6, 6.07) is 19.4. The van der Waals surface area contributed by atoms with Crippen LogP contribution in [0, 0.1) is 6.92 Å². The van der Waals surface area contributed by atoms with Gasteiger partial charge in [0.2, 0.25) is 0 Å². The number of anilines is 2. The monoisotopic (exact) mass is 346 g/mol. The molecule has 26 heavy (non-hydrogen) atoms. The predicted molar refractivity (Wildman–Crippen MR) is 103 cm³/mol. The highest BCUT2D eigenvalue weighted by Gasteiger charge is 2.09. The highest BCUT2D eigenvalue weighted by Crippen LogP contribution is 2.24. The maximum atomic E-state index is 12.2. The zero-order chi connectivity index (χ0) is 18.4. The van der Waals surface area contributed by atoms with Gasteiger partial charge < -0.3 is 10.6 Å². The molecular weight excluding hydrogens is 324 g/mol. The van der Waals surface area contributed by atoms with Gasteiger partial charge in [0.25, 0.3) is 5.91 Å². The highest BCUT2D eigenvalue weighted by molar-refractivity contribution is 5.92. The summed E-state index contributed by atoms with van der Waals surface area (Å²) in [6.45, 7) is 4.64. The van der Waals surface area contributed by atoms with Gasteiger partial charge in [0.1, 0.15) is 0 Å². The SMILES string of the molecule is CCc1cccc(C)c1Nc1ccc(C(=O)NCc2ccccc2)nn1. The first-order valence-corrected chi connectivity index (χ1v) is 8.68. The molecule has 0 aliphatic rings. The van der Waals surface area contributed by atoms with Crippen LogP contribution in [-0.4, -0.2) is 16.1 Å². The number of hydrogen-bond donors (Lipinski definition) is 2. The van der Waals surface area contributed by atoms with E-state index in [2.05, 4.69) is 46.8 Å². The maximum absolute atomic E-state index is 12.2. The number of aryl methyl sites for hydroxylation is 2. The molecule has 0 bridgehead atoms. The lowest BCUT2D eigenvalue weighted by molar-refractivity contribution is 0.0945. The highest BCUT2D eigenvalue weighted by atomic mass is 16.1. The van der Waals surface area contributed by atoms with Gasteiger partial charge in [0, 0.05) is 12.2 Å². The predicted octanol–water partition coefficient (Wildman–Crippen LogP) is 4.02. The number of carbonyl (C=O) groups is 1. The lowest BCUT2D eigenvalue weighted by atomic mass is 10.1. The molecule has 2 aromatic carbocycles. The van der Waals surface area contributed by atoms with E-state index in [-0.39, 0.29) is 5.91 Å². The second-order valence-corrected chi connectivity index (χ2v) is 6.06. The molecule has 0 aliphatic carbocycles. The second-order valence-electron chi connectivity index (χ2n) is 6.06. The van der Waals surface area contributed by atoms with Crippen LogP contribution in [0.15, 0.2) is 60.7 Å². The molecule has 132 valence electrons. The number of carbonyl (C=O) groups excluding carboxylic acids is 1. The minimum atomic E-state index is -0.238. The van der Waals surface area contributed by atoms with Gasteiger partial charge in [-0.25, -0.2) is 0 Å². The van der Waals surface area contributed by atoms with Gasteiger partial charge in [-0.1, -0.05) is 55.5 Å². The number of amides is 1. The number of nitrogens with one attached hydrogen (secondary N) is 2. The second kappa shape index (κ2) is 8.25. The van der Waals surface area contributed by atoms with E-state index in [1.165, 1.54) is 5.56 Å². The number of para-hydroxylation sites is 1. The summed E-state index contributed by atoms with van der Waals surface area (Å²) in [5.41, 5.74) is 4.75. The number of hydrogen-bond acceptors (Lipinski definition) is 4. The van der Waals surface area contributed by atoms with Gasteiger partial charge in [-0.05, 0) is 42.2 Å². The maximum Gasteiger partial charge on any atom is 0.272 e. The summed E-state index contributed by atoms with van der Waals surface area (Å²) in [6.07, 6.45) is 0.928. The molecule has 0 fully saturated rings. The van der Waals surface area contributed by atoms with Crippen molar-refractivity contribution in [1.29, 1.82) is 0 Å². The minimum Gasteiger partial charge on any atom is -0.347 e. The summed E-state index contributed by atoms with van der Waals surface area (Å²) >= 11 is 0. The van der Waals surface area contributed by atoms with E-state index >= 15 is 0 Å². The van der Waals surface area contributed by atoms with Gasteiger partial charge in [0.15, 0.2) is 11.5 Å². The lowest BCUT2D eigenvalue weighted by Crippen LogP contribution is -2.24. The van der Waals surface area contributed by atoms with Crippen molar-refractivity contribution in [3.05, 3.63) is 83.0 Å². The summed E-state index contributed by atoms with van der Waals surface area (Å²) in [5, 5.41) is 14.4. The first kappa shape index (κ1) is 17.6. The third kappa shape index (κ3) is 4.25. The van der Waals surface area contributed by atoms with Gasteiger partial charge in [-0.2, -0.15) is 0 Å². The summed E-state index contributed by atoms with van der Waals surface area (Å²) < 4.78 is 0. The third-order valence-corrected chi connectivity index (χ3v) is 4.19. The minimum absolute atomic E-state index is 0.238. The van der Waals surface area contributed by atoms with Gasteiger partial charge >= 0.3 is 0 Å². The van der Waals surface area contributed by atoms with Crippen molar-refractivity contribution in [2.45, 2.75) is 26.8 Å². The molecular formula is C21H22N4O. The van der Waals surface area contributed by atoms with Crippen molar-refractivity contribution in [2.24, 2.45) is 0 Å². The van der Waals surface area contributed by atoms with Gasteiger partial charge in [0.05, 0.1) is 0 Å².